The maximum Gasteiger partial charge on any atom is 0.433 e. The van der Waals surface area contributed by atoms with Crippen molar-refractivity contribution in [3.63, 3.8) is 0 Å². The van der Waals surface area contributed by atoms with Gasteiger partial charge in [0.25, 0.3) is 0 Å². The Bertz CT molecular complexity index is 256. The molecular formula is C6H9N3O2. The molecule has 0 aliphatic rings. The van der Waals surface area contributed by atoms with E-state index < -0.39 is 6.09 Å². The summed E-state index contributed by atoms with van der Waals surface area (Å²) in [5, 5.41) is 6.13. The molecule has 0 radical (unpaired) electrons. The molecule has 11 heavy (non-hydrogen) atoms. The normalized spacial score (nSPS) is 9.27. The summed E-state index contributed by atoms with van der Waals surface area (Å²) in [6.45, 7) is 1.81. The Morgan fingerprint density at radius 1 is 1.82 bits per heavy atom. The molecule has 0 atom stereocenters. The SMILES string of the molecule is CNC(=O)On1ccc(C)n1. The number of amides is 1. The van der Waals surface area contributed by atoms with Crippen LogP contribution in [0.25, 0.3) is 0 Å². The Kier molecular flexibility index (Phi) is 2.10. The molecule has 1 amide bonds. The molecule has 0 spiro atoms. The Morgan fingerprint density at radius 3 is 3.00 bits per heavy atom. The summed E-state index contributed by atoms with van der Waals surface area (Å²) in [5.41, 5.74) is 0.800. The van der Waals surface area contributed by atoms with E-state index in [-0.39, 0.29) is 0 Å². The molecule has 1 N–H and O–H groups in total. The Morgan fingerprint density at radius 2 is 2.55 bits per heavy atom. The Hall–Kier alpha value is -1.52. The second-order valence-corrected chi connectivity index (χ2v) is 1.99. The smallest absolute Gasteiger partial charge is 0.323 e. The van der Waals surface area contributed by atoms with Crippen LogP contribution in [0.2, 0.25) is 0 Å². The van der Waals surface area contributed by atoms with E-state index in [1.165, 1.54) is 7.05 Å². The van der Waals surface area contributed by atoms with Crippen LogP contribution in [0.3, 0.4) is 0 Å². The van der Waals surface area contributed by atoms with Crippen molar-refractivity contribution in [1.82, 2.24) is 15.3 Å². The van der Waals surface area contributed by atoms with Gasteiger partial charge in [-0.3, -0.25) is 4.84 Å². The van der Waals surface area contributed by atoms with Crippen LogP contribution in [0.15, 0.2) is 12.3 Å². The highest BCUT2D eigenvalue weighted by Crippen LogP contribution is 1.89. The molecule has 5 nitrogen and oxygen atoms in total. The first kappa shape index (κ1) is 7.59. The summed E-state index contributed by atoms with van der Waals surface area (Å²) in [5.74, 6) is 0. The second kappa shape index (κ2) is 3.05. The third-order valence-corrected chi connectivity index (χ3v) is 1.08. The highest BCUT2D eigenvalue weighted by atomic mass is 16.7. The minimum Gasteiger partial charge on any atom is -0.323 e. The van der Waals surface area contributed by atoms with Crippen LogP contribution in [0.1, 0.15) is 5.69 Å². The van der Waals surface area contributed by atoms with E-state index >= 15 is 0 Å². The molecule has 1 aromatic heterocycles. The van der Waals surface area contributed by atoms with E-state index in [4.69, 9.17) is 0 Å². The van der Waals surface area contributed by atoms with Gasteiger partial charge in [0.2, 0.25) is 0 Å². The third-order valence-electron chi connectivity index (χ3n) is 1.08. The molecule has 1 aromatic rings. The summed E-state index contributed by atoms with van der Waals surface area (Å²) in [6.07, 6.45) is 1.03. The standard InChI is InChI=1S/C6H9N3O2/c1-5-3-4-9(8-5)11-6(10)7-2/h3-4H,1-2H3,(H,7,10). The largest absolute Gasteiger partial charge is 0.433 e. The first-order chi connectivity index (χ1) is 5.22. The highest BCUT2D eigenvalue weighted by Gasteiger charge is 1.99. The number of aromatic nitrogens is 2. The fourth-order valence-corrected chi connectivity index (χ4v) is 0.575. The van der Waals surface area contributed by atoms with Crippen LogP contribution >= 0.6 is 0 Å². The fourth-order valence-electron chi connectivity index (χ4n) is 0.575. The van der Waals surface area contributed by atoms with Gasteiger partial charge in [-0.1, -0.05) is 4.85 Å². The van der Waals surface area contributed by atoms with E-state index in [1.54, 1.807) is 12.3 Å². The maximum atomic E-state index is 10.6. The molecule has 0 aromatic carbocycles. The van der Waals surface area contributed by atoms with Gasteiger partial charge in [0.15, 0.2) is 0 Å². The van der Waals surface area contributed by atoms with Crippen LogP contribution < -0.4 is 10.2 Å². The van der Waals surface area contributed by atoms with Gasteiger partial charge in [0, 0.05) is 7.05 Å². The molecule has 0 aliphatic carbocycles. The lowest BCUT2D eigenvalue weighted by atomic mass is 10.5. The van der Waals surface area contributed by atoms with E-state index in [1.807, 2.05) is 6.92 Å². The van der Waals surface area contributed by atoms with Crippen molar-refractivity contribution >= 4 is 6.09 Å². The van der Waals surface area contributed by atoms with Crippen LogP contribution in [-0.2, 0) is 0 Å². The fraction of sp³-hybridized carbons (Fsp3) is 0.333. The van der Waals surface area contributed by atoms with Crippen molar-refractivity contribution in [2.75, 3.05) is 7.05 Å². The molecule has 60 valence electrons. The number of carbonyl (C=O) groups is 1. The predicted octanol–water partition coefficient (Wildman–Crippen LogP) is -0.0405. The van der Waals surface area contributed by atoms with Gasteiger partial charge >= 0.3 is 6.09 Å². The zero-order valence-corrected chi connectivity index (χ0v) is 6.37. The maximum absolute atomic E-state index is 10.6. The minimum absolute atomic E-state index is 0.534. The lowest BCUT2D eigenvalue weighted by Crippen LogP contribution is -2.29. The van der Waals surface area contributed by atoms with Crippen molar-refractivity contribution in [1.29, 1.82) is 0 Å². The molecule has 1 heterocycles. The monoisotopic (exact) mass is 155 g/mol. The Labute approximate surface area is 63.9 Å². The molecule has 0 saturated heterocycles. The number of carbonyl (C=O) groups excluding carboxylic acids is 1. The quantitative estimate of drug-likeness (QED) is 0.619. The molecular weight excluding hydrogens is 146 g/mol. The second-order valence-electron chi connectivity index (χ2n) is 1.99. The number of aryl methyl sites for hydroxylation is 1. The average molecular weight is 155 g/mol. The number of rotatable bonds is 1. The minimum atomic E-state index is -0.534. The lowest BCUT2D eigenvalue weighted by molar-refractivity contribution is 0.118. The first-order valence-corrected chi connectivity index (χ1v) is 3.14. The van der Waals surface area contributed by atoms with Crippen LogP contribution in [0.4, 0.5) is 4.79 Å². The van der Waals surface area contributed by atoms with Crippen molar-refractivity contribution in [3.05, 3.63) is 18.0 Å². The van der Waals surface area contributed by atoms with Crippen LogP contribution in [0.5, 0.6) is 0 Å². The number of nitrogens with one attached hydrogen (secondary N) is 1. The number of nitrogens with zero attached hydrogens (tertiary/aromatic N) is 2. The van der Waals surface area contributed by atoms with Crippen molar-refractivity contribution in [2.45, 2.75) is 6.92 Å². The molecule has 0 unspecified atom stereocenters. The summed E-state index contributed by atoms with van der Waals surface area (Å²) in [7, 11) is 1.48. The summed E-state index contributed by atoms with van der Waals surface area (Å²) in [6, 6.07) is 1.74. The van der Waals surface area contributed by atoms with E-state index in [0.717, 1.165) is 10.5 Å². The summed E-state index contributed by atoms with van der Waals surface area (Å²) < 4.78 is 0. The van der Waals surface area contributed by atoms with Gasteiger partial charge < -0.3 is 5.32 Å². The van der Waals surface area contributed by atoms with Crippen molar-refractivity contribution < 1.29 is 9.63 Å². The highest BCUT2D eigenvalue weighted by molar-refractivity contribution is 5.66. The summed E-state index contributed by atoms with van der Waals surface area (Å²) >= 11 is 0. The van der Waals surface area contributed by atoms with Gasteiger partial charge in [-0.2, -0.15) is 0 Å². The number of hydrogen-bond acceptors (Lipinski definition) is 3. The van der Waals surface area contributed by atoms with Gasteiger partial charge in [0.1, 0.15) is 0 Å². The van der Waals surface area contributed by atoms with Gasteiger partial charge in [-0.15, -0.1) is 5.10 Å². The van der Waals surface area contributed by atoms with Crippen molar-refractivity contribution in [3.8, 4) is 0 Å². The predicted molar refractivity (Wildman–Crippen MR) is 38.0 cm³/mol. The van der Waals surface area contributed by atoms with E-state index in [2.05, 4.69) is 15.3 Å². The lowest BCUT2D eigenvalue weighted by Gasteiger charge is -1.99. The topological polar surface area (TPSA) is 56.1 Å². The molecule has 1 rings (SSSR count). The summed E-state index contributed by atoms with van der Waals surface area (Å²) in [4.78, 5) is 16.3. The zero-order valence-electron chi connectivity index (χ0n) is 6.37. The van der Waals surface area contributed by atoms with Gasteiger partial charge in [-0.05, 0) is 13.0 Å². The Balaban J connectivity index is 2.57. The first-order valence-electron chi connectivity index (χ1n) is 3.14. The average Bonchev–Trinajstić information content (AvgIpc) is 2.35. The molecule has 0 aliphatic heterocycles. The van der Waals surface area contributed by atoms with Gasteiger partial charge in [-0.25, -0.2) is 4.79 Å². The van der Waals surface area contributed by atoms with Crippen LogP contribution in [-0.4, -0.2) is 23.1 Å². The van der Waals surface area contributed by atoms with Gasteiger partial charge in [0.05, 0.1) is 11.9 Å². The van der Waals surface area contributed by atoms with Crippen molar-refractivity contribution in [2.24, 2.45) is 0 Å². The molecule has 0 saturated carbocycles. The van der Waals surface area contributed by atoms with Crippen LogP contribution in [0, 0.1) is 6.92 Å². The third kappa shape index (κ3) is 1.96. The zero-order chi connectivity index (χ0) is 8.27. The molecule has 0 bridgehead atoms. The van der Waals surface area contributed by atoms with E-state index in [0.29, 0.717) is 0 Å². The van der Waals surface area contributed by atoms with E-state index in [9.17, 15) is 4.79 Å². The molecule has 5 heteroatoms. The number of hydrogen-bond donors (Lipinski definition) is 1. The molecule has 0 fully saturated rings.